The van der Waals surface area contributed by atoms with Crippen LogP contribution in [-0.2, 0) is 36.3 Å². The topological polar surface area (TPSA) is 55.2 Å². The van der Waals surface area contributed by atoms with Gasteiger partial charge in [0, 0.05) is 13.6 Å². The number of anilines is 1. The maximum absolute atomic E-state index is 14.3. The Bertz CT molecular complexity index is 907. The first-order valence-electron chi connectivity index (χ1n) is 7.87. The first-order chi connectivity index (χ1) is 11.3. The fraction of sp³-hybridized carbons (Fsp3) is 0.438. The standard InChI is InChI=1S/C16H19F2N3O2S/c1-4-12-16(13(5-2)20(3)19-12)24(22,23)21-9-8-10-6-7-11(17)14(18)15(10)21/h6-7H,4-5,8-9H2,1-3H3. The van der Waals surface area contributed by atoms with E-state index in [2.05, 4.69) is 5.10 Å². The zero-order chi connectivity index (χ0) is 17.6. The van der Waals surface area contributed by atoms with E-state index in [0.29, 0.717) is 36.2 Å². The summed E-state index contributed by atoms with van der Waals surface area (Å²) >= 11 is 0. The summed E-state index contributed by atoms with van der Waals surface area (Å²) in [5, 5.41) is 4.28. The Morgan fingerprint density at radius 1 is 1.21 bits per heavy atom. The van der Waals surface area contributed by atoms with Crippen molar-refractivity contribution >= 4 is 15.7 Å². The number of sulfonamides is 1. The zero-order valence-electron chi connectivity index (χ0n) is 13.8. The zero-order valence-corrected chi connectivity index (χ0v) is 14.6. The number of nitrogens with zero attached hydrogens (tertiary/aromatic N) is 3. The largest absolute Gasteiger partial charge is 0.271 e. The summed E-state index contributed by atoms with van der Waals surface area (Å²) in [6.45, 7) is 3.76. The minimum absolute atomic E-state index is 0.0965. The molecule has 1 aromatic heterocycles. The highest BCUT2D eigenvalue weighted by Crippen LogP contribution is 2.37. The molecule has 5 nitrogen and oxygen atoms in total. The van der Waals surface area contributed by atoms with Crippen molar-refractivity contribution in [3.63, 3.8) is 0 Å². The monoisotopic (exact) mass is 355 g/mol. The molecule has 3 rings (SSSR count). The molecule has 0 saturated heterocycles. The number of hydrogen-bond donors (Lipinski definition) is 0. The predicted octanol–water partition coefficient (Wildman–Crippen LogP) is 2.57. The quantitative estimate of drug-likeness (QED) is 0.847. The van der Waals surface area contributed by atoms with Crippen LogP contribution >= 0.6 is 0 Å². The van der Waals surface area contributed by atoms with Gasteiger partial charge in [-0.25, -0.2) is 17.2 Å². The van der Waals surface area contributed by atoms with Gasteiger partial charge in [0.2, 0.25) is 0 Å². The first-order valence-corrected chi connectivity index (χ1v) is 9.31. The highest BCUT2D eigenvalue weighted by atomic mass is 32.2. The minimum Gasteiger partial charge on any atom is -0.271 e. The molecule has 0 aliphatic carbocycles. The molecule has 0 bridgehead atoms. The second-order valence-corrected chi connectivity index (χ2v) is 7.55. The molecule has 0 saturated carbocycles. The van der Waals surface area contributed by atoms with Gasteiger partial charge in [0.05, 0.1) is 17.1 Å². The number of hydrogen-bond acceptors (Lipinski definition) is 3. The van der Waals surface area contributed by atoms with Crippen molar-refractivity contribution in [2.24, 2.45) is 7.05 Å². The van der Waals surface area contributed by atoms with E-state index in [1.165, 1.54) is 6.07 Å². The SMILES string of the molecule is CCc1nn(C)c(CC)c1S(=O)(=O)N1CCc2ccc(F)c(F)c21. The minimum atomic E-state index is -4.01. The normalized spacial score (nSPS) is 14.3. The molecule has 0 fully saturated rings. The van der Waals surface area contributed by atoms with E-state index in [9.17, 15) is 17.2 Å². The highest BCUT2D eigenvalue weighted by molar-refractivity contribution is 7.93. The second kappa shape index (κ2) is 5.84. The summed E-state index contributed by atoms with van der Waals surface area (Å²) < 4.78 is 56.8. The Balaban J connectivity index is 2.21. The van der Waals surface area contributed by atoms with Gasteiger partial charge in [-0.3, -0.25) is 8.99 Å². The molecule has 0 amide bonds. The van der Waals surface area contributed by atoms with Gasteiger partial charge in [-0.2, -0.15) is 5.10 Å². The number of halogens is 2. The van der Waals surface area contributed by atoms with Gasteiger partial charge in [-0.05, 0) is 30.9 Å². The van der Waals surface area contributed by atoms with Crippen LogP contribution in [0.2, 0.25) is 0 Å². The Morgan fingerprint density at radius 3 is 2.54 bits per heavy atom. The van der Waals surface area contributed by atoms with Crippen molar-refractivity contribution in [3.8, 4) is 0 Å². The lowest BCUT2D eigenvalue weighted by molar-refractivity contribution is 0.509. The van der Waals surface area contributed by atoms with Gasteiger partial charge in [0.25, 0.3) is 10.0 Å². The average molecular weight is 355 g/mol. The lowest BCUT2D eigenvalue weighted by Crippen LogP contribution is -2.31. The maximum atomic E-state index is 14.3. The number of fused-ring (bicyclic) bond motifs is 1. The molecule has 0 unspecified atom stereocenters. The van der Waals surface area contributed by atoms with Gasteiger partial charge < -0.3 is 0 Å². The summed E-state index contributed by atoms with van der Waals surface area (Å²) in [5.41, 5.74) is 1.33. The predicted molar refractivity (Wildman–Crippen MR) is 86.6 cm³/mol. The lowest BCUT2D eigenvalue weighted by atomic mass is 10.1. The Morgan fingerprint density at radius 2 is 1.92 bits per heavy atom. The van der Waals surface area contributed by atoms with Crippen molar-refractivity contribution in [3.05, 3.63) is 40.7 Å². The van der Waals surface area contributed by atoms with Crippen molar-refractivity contribution in [2.45, 2.75) is 38.0 Å². The summed E-state index contributed by atoms with van der Waals surface area (Å²) in [7, 11) is -2.32. The Labute approximate surface area is 139 Å². The molecule has 0 atom stereocenters. The lowest BCUT2D eigenvalue weighted by Gasteiger charge is -2.21. The molecule has 0 N–H and O–H groups in total. The van der Waals surface area contributed by atoms with Gasteiger partial charge >= 0.3 is 0 Å². The first kappa shape index (κ1) is 16.9. The Kier molecular flexibility index (Phi) is 4.11. The van der Waals surface area contributed by atoms with Crippen LogP contribution in [0, 0.1) is 11.6 Å². The van der Waals surface area contributed by atoms with Crippen LogP contribution in [0.1, 0.15) is 30.8 Å². The van der Waals surface area contributed by atoms with Gasteiger partial charge in [-0.1, -0.05) is 19.9 Å². The molecule has 2 heterocycles. The fourth-order valence-electron chi connectivity index (χ4n) is 3.25. The molecule has 24 heavy (non-hydrogen) atoms. The molecule has 130 valence electrons. The molecule has 0 spiro atoms. The average Bonchev–Trinajstić information content (AvgIpc) is 3.12. The van der Waals surface area contributed by atoms with Crippen molar-refractivity contribution in [2.75, 3.05) is 10.8 Å². The van der Waals surface area contributed by atoms with Crippen LogP contribution in [0.4, 0.5) is 14.5 Å². The van der Waals surface area contributed by atoms with E-state index >= 15 is 0 Å². The van der Waals surface area contributed by atoms with Crippen LogP contribution in [0.5, 0.6) is 0 Å². The molecule has 1 aliphatic rings. The molecule has 0 radical (unpaired) electrons. The molecule has 8 heteroatoms. The van der Waals surface area contributed by atoms with E-state index < -0.39 is 21.7 Å². The summed E-state index contributed by atoms with van der Waals surface area (Å²) in [6.07, 6.45) is 1.27. The van der Waals surface area contributed by atoms with Crippen molar-refractivity contribution in [1.82, 2.24) is 9.78 Å². The van der Waals surface area contributed by atoms with Gasteiger partial charge in [-0.15, -0.1) is 0 Å². The number of rotatable bonds is 4. The third-order valence-corrected chi connectivity index (χ3v) is 6.32. The maximum Gasteiger partial charge on any atom is 0.268 e. The second-order valence-electron chi connectivity index (χ2n) is 5.75. The fourth-order valence-corrected chi connectivity index (χ4v) is 5.30. The number of aryl methyl sites for hydroxylation is 2. The number of aromatic nitrogens is 2. The van der Waals surface area contributed by atoms with E-state index in [4.69, 9.17) is 0 Å². The summed E-state index contributed by atoms with van der Waals surface area (Å²) in [4.78, 5) is 0.117. The van der Waals surface area contributed by atoms with Crippen LogP contribution < -0.4 is 4.31 Å². The Hall–Kier alpha value is -1.96. The van der Waals surface area contributed by atoms with Crippen LogP contribution in [0.25, 0.3) is 0 Å². The van der Waals surface area contributed by atoms with E-state index in [1.54, 1.807) is 11.7 Å². The van der Waals surface area contributed by atoms with Crippen LogP contribution in [-0.4, -0.2) is 24.7 Å². The van der Waals surface area contributed by atoms with E-state index in [0.717, 1.165) is 10.4 Å². The third kappa shape index (κ3) is 2.31. The number of benzene rings is 1. The molecular weight excluding hydrogens is 336 g/mol. The van der Waals surface area contributed by atoms with E-state index in [1.807, 2.05) is 13.8 Å². The summed E-state index contributed by atoms with van der Waals surface area (Å²) in [5.74, 6) is -2.16. The highest BCUT2D eigenvalue weighted by Gasteiger charge is 2.38. The van der Waals surface area contributed by atoms with Crippen LogP contribution in [0.3, 0.4) is 0 Å². The molecule has 1 aliphatic heterocycles. The van der Waals surface area contributed by atoms with Crippen LogP contribution in [0.15, 0.2) is 17.0 Å². The van der Waals surface area contributed by atoms with Crippen molar-refractivity contribution < 1.29 is 17.2 Å². The third-order valence-electron chi connectivity index (χ3n) is 4.39. The van der Waals surface area contributed by atoms with Gasteiger partial charge in [0.15, 0.2) is 11.6 Å². The summed E-state index contributed by atoms with van der Waals surface area (Å²) in [6, 6.07) is 2.47. The van der Waals surface area contributed by atoms with E-state index in [-0.39, 0.29) is 17.1 Å². The van der Waals surface area contributed by atoms with Gasteiger partial charge in [0.1, 0.15) is 4.90 Å². The molecule has 1 aromatic carbocycles. The van der Waals surface area contributed by atoms with Crippen molar-refractivity contribution in [1.29, 1.82) is 0 Å². The molecule has 2 aromatic rings. The molecular formula is C16H19F2N3O2S. The smallest absolute Gasteiger partial charge is 0.268 e.